The van der Waals surface area contributed by atoms with Crippen molar-refractivity contribution in [3.63, 3.8) is 0 Å². The van der Waals surface area contributed by atoms with Gasteiger partial charge in [0.1, 0.15) is 16.9 Å². The molecule has 0 fully saturated rings. The fraction of sp³-hybridized carbons (Fsp3) is 0.0556. The van der Waals surface area contributed by atoms with E-state index in [1.807, 2.05) is 23.6 Å². The zero-order valence-corrected chi connectivity index (χ0v) is 15.9. The molecular formula is C18H12N6O2S2. The standard InChI is InChI=1S/C18H12N6O2S2/c25-16-8-11(19-15-5-1-2-6-23(15)16)10-28-18-21-20-17(26)13-9-12(22-24(13)18)14-4-3-7-27-14/h1-9H,10H2,(H,20,26). The molecule has 0 aromatic carbocycles. The van der Waals surface area contributed by atoms with E-state index in [2.05, 4.69) is 20.3 Å². The van der Waals surface area contributed by atoms with Crippen LogP contribution in [0.15, 0.2) is 68.8 Å². The second kappa shape index (κ2) is 6.73. The highest BCUT2D eigenvalue weighted by molar-refractivity contribution is 7.98. The average molecular weight is 408 g/mol. The van der Waals surface area contributed by atoms with E-state index in [1.54, 1.807) is 35.7 Å². The molecule has 5 aromatic heterocycles. The third-order valence-corrected chi connectivity index (χ3v) is 5.98. The van der Waals surface area contributed by atoms with Crippen LogP contribution < -0.4 is 11.1 Å². The summed E-state index contributed by atoms with van der Waals surface area (Å²) < 4.78 is 3.03. The molecule has 1 N–H and O–H groups in total. The molecular weight excluding hydrogens is 396 g/mol. The Morgan fingerprint density at radius 2 is 2.07 bits per heavy atom. The van der Waals surface area contributed by atoms with Crippen LogP contribution in [-0.4, -0.2) is 29.2 Å². The molecule has 0 unspecified atom stereocenters. The van der Waals surface area contributed by atoms with Crippen LogP contribution in [0.1, 0.15) is 5.69 Å². The smallest absolute Gasteiger partial charge is 0.269 e. The quantitative estimate of drug-likeness (QED) is 0.459. The molecule has 5 aromatic rings. The van der Waals surface area contributed by atoms with Crippen LogP contribution in [0.5, 0.6) is 0 Å². The maximum absolute atomic E-state index is 12.2. The number of thioether (sulfide) groups is 1. The molecule has 0 aliphatic heterocycles. The monoisotopic (exact) mass is 408 g/mol. The molecule has 0 spiro atoms. The molecule has 0 aliphatic rings. The number of thiophene rings is 1. The van der Waals surface area contributed by atoms with E-state index in [-0.39, 0.29) is 11.1 Å². The van der Waals surface area contributed by atoms with Crippen molar-refractivity contribution in [3.8, 4) is 10.6 Å². The van der Waals surface area contributed by atoms with E-state index in [4.69, 9.17) is 0 Å². The first kappa shape index (κ1) is 16.9. The summed E-state index contributed by atoms with van der Waals surface area (Å²) in [4.78, 5) is 29.9. The molecule has 0 amide bonds. The number of pyridine rings is 1. The molecule has 5 rings (SSSR count). The van der Waals surface area contributed by atoms with Gasteiger partial charge < -0.3 is 0 Å². The minimum absolute atomic E-state index is 0.139. The number of nitrogens with zero attached hydrogens (tertiary/aromatic N) is 5. The molecule has 0 saturated carbocycles. The zero-order valence-electron chi connectivity index (χ0n) is 14.3. The lowest BCUT2D eigenvalue weighted by atomic mass is 10.3. The van der Waals surface area contributed by atoms with E-state index in [0.717, 1.165) is 10.6 Å². The van der Waals surface area contributed by atoms with Crippen LogP contribution in [0.4, 0.5) is 0 Å². The largest absolute Gasteiger partial charge is 0.290 e. The number of nitrogens with one attached hydrogen (secondary N) is 1. The third kappa shape index (κ3) is 2.92. The van der Waals surface area contributed by atoms with Gasteiger partial charge in [-0.25, -0.2) is 14.6 Å². The molecule has 138 valence electrons. The summed E-state index contributed by atoms with van der Waals surface area (Å²) in [6.45, 7) is 0. The zero-order chi connectivity index (χ0) is 19.1. The summed E-state index contributed by atoms with van der Waals surface area (Å²) in [5.41, 5.74) is 1.92. The van der Waals surface area contributed by atoms with Gasteiger partial charge in [-0.3, -0.25) is 14.0 Å². The molecule has 28 heavy (non-hydrogen) atoms. The highest BCUT2D eigenvalue weighted by Crippen LogP contribution is 2.26. The number of H-pyrrole nitrogens is 1. The fourth-order valence-corrected chi connectivity index (χ4v) is 4.32. The van der Waals surface area contributed by atoms with Crippen LogP contribution in [0, 0.1) is 0 Å². The van der Waals surface area contributed by atoms with Crippen LogP contribution in [-0.2, 0) is 5.75 Å². The van der Waals surface area contributed by atoms with E-state index >= 15 is 0 Å². The van der Waals surface area contributed by atoms with Crippen molar-refractivity contribution in [1.82, 2.24) is 29.2 Å². The Bertz CT molecular complexity index is 1420. The van der Waals surface area contributed by atoms with Crippen LogP contribution in [0.25, 0.3) is 21.7 Å². The fourth-order valence-electron chi connectivity index (χ4n) is 2.85. The maximum atomic E-state index is 12.2. The third-order valence-electron chi connectivity index (χ3n) is 4.12. The lowest BCUT2D eigenvalue weighted by molar-refractivity contribution is 0.728. The first-order valence-corrected chi connectivity index (χ1v) is 10.2. The van der Waals surface area contributed by atoms with Crippen molar-refractivity contribution in [2.75, 3.05) is 0 Å². The lowest BCUT2D eigenvalue weighted by Crippen LogP contribution is -2.15. The normalized spacial score (nSPS) is 11.4. The molecule has 8 nitrogen and oxygen atoms in total. The van der Waals surface area contributed by atoms with Gasteiger partial charge in [0.2, 0.25) is 5.16 Å². The van der Waals surface area contributed by atoms with Gasteiger partial charge in [-0.2, -0.15) is 5.10 Å². The van der Waals surface area contributed by atoms with Gasteiger partial charge in [0.15, 0.2) is 0 Å². The van der Waals surface area contributed by atoms with Gasteiger partial charge >= 0.3 is 0 Å². The number of aromatic amines is 1. The predicted molar refractivity (Wildman–Crippen MR) is 108 cm³/mol. The van der Waals surface area contributed by atoms with Crippen molar-refractivity contribution >= 4 is 34.3 Å². The Kier molecular flexibility index (Phi) is 4.06. The van der Waals surface area contributed by atoms with Crippen molar-refractivity contribution < 1.29 is 0 Å². The van der Waals surface area contributed by atoms with Crippen molar-refractivity contribution in [2.45, 2.75) is 10.9 Å². The molecule has 0 bridgehead atoms. The number of hydrogen-bond donors (Lipinski definition) is 1. The molecule has 0 aliphatic carbocycles. The topological polar surface area (TPSA) is 97.4 Å². The second-order valence-corrected chi connectivity index (χ2v) is 7.83. The van der Waals surface area contributed by atoms with Gasteiger partial charge in [-0.15, -0.1) is 16.4 Å². The Hall–Kier alpha value is -3.24. The molecule has 0 atom stereocenters. The number of fused-ring (bicyclic) bond motifs is 2. The second-order valence-electron chi connectivity index (χ2n) is 5.94. The molecule has 5 heterocycles. The van der Waals surface area contributed by atoms with Crippen LogP contribution in [0.3, 0.4) is 0 Å². The SMILES string of the molecule is O=c1[nH]nc(SCc2cc(=O)n3ccccc3n2)n2nc(-c3cccs3)cc12. The first-order valence-electron chi connectivity index (χ1n) is 8.31. The van der Waals surface area contributed by atoms with Gasteiger partial charge in [-0.05, 0) is 29.6 Å². The molecule has 0 saturated heterocycles. The van der Waals surface area contributed by atoms with Crippen LogP contribution in [0.2, 0.25) is 0 Å². The van der Waals surface area contributed by atoms with E-state index in [0.29, 0.717) is 27.8 Å². The Labute approximate surface area is 165 Å². The summed E-state index contributed by atoms with van der Waals surface area (Å²) in [5, 5.41) is 13.6. The number of hydrogen-bond acceptors (Lipinski definition) is 7. The summed E-state index contributed by atoms with van der Waals surface area (Å²) in [6, 6.07) is 12.5. The average Bonchev–Trinajstić information content (AvgIpc) is 3.38. The summed E-state index contributed by atoms with van der Waals surface area (Å²) in [7, 11) is 0. The Morgan fingerprint density at radius 3 is 2.93 bits per heavy atom. The van der Waals surface area contributed by atoms with Crippen LogP contribution >= 0.6 is 23.1 Å². The number of rotatable bonds is 4. The van der Waals surface area contributed by atoms with E-state index in [9.17, 15) is 9.59 Å². The first-order chi connectivity index (χ1) is 13.7. The Morgan fingerprint density at radius 1 is 1.14 bits per heavy atom. The number of aromatic nitrogens is 6. The predicted octanol–water partition coefficient (Wildman–Crippen LogP) is 2.45. The van der Waals surface area contributed by atoms with Crippen molar-refractivity contribution in [2.24, 2.45) is 0 Å². The minimum atomic E-state index is -0.304. The van der Waals surface area contributed by atoms with Gasteiger partial charge in [0.05, 0.1) is 10.6 Å². The summed E-state index contributed by atoms with van der Waals surface area (Å²) in [5.74, 6) is 0.420. The van der Waals surface area contributed by atoms with Crippen molar-refractivity contribution in [3.05, 3.63) is 80.4 Å². The lowest BCUT2D eigenvalue weighted by Gasteiger charge is -2.04. The minimum Gasteiger partial charge on any atom is -0.269 e. The maximum Gasteiger partial charge on any atom is 0.290 e. The van der Waals surface area contributed by atoms with Crippen molar-refractivity contribution in [1.29, 1.82) is 0 Å². The molecule has 10 heteroatoms. The highest BCUT2D eigenvalue weighted by Gasteiger charge is 2.13. The van der Waals surface area contributed by atoms with E-state index in [1.165, 1.54) is 26.7 Å². The van der Waals surface area contributed by atoms with Gasteiger partial charge in [0.25, 0.3) is 11.1 Å². The Balaban J connectivity index is 1.51. The van der Waals surface area contributed by atoms with Gasteiger partial charge in [-0.1, -0.05) is 23.9 Å². The summed E-state index contributed by atoms with van der Waals surface area (Å²) >= 11 is 2.91. The molecule has 0 radical (unpaired) electrons. The summed E-state index contributed by atoms with van der Waals surface area (Å²) in [6.07, 6.45) is 1.68. The van der Waals surface area contributed by atoms with Gasteiger partial charge in [0, 0.05) is 18.0 Å². The van der Waals surface area contributed by atoms with E-state index < -0.39 is 0 Å². The highest BCUT2D eigenvalue weighted by atomic mass is 32.2.